The zero-order valence-corrected chi connectivity index (χ0v) is 5.48. The van der Waals surface area contributed by atoms with Gasteiger partial charge in [0, 0.05) is 6.07 Å². The molecule has 1 aromatic heterocycles. The van der Waals surface area contributed by atoms with Crippen LogP contribution in [0.15, 0.2) is 12.4 Å². The summed E-state index contributed by atoms with van der Waals surface area (Å²) in [6.45, 7) is 0. The molecule has 0 aliphatic heterocycles. The molecule has 0 saturated carbocycles. The first-order chi connectivity index (χ1) is 5.18. The van der Waals surface area contributed by atoms with Gasteiger partial charge in [0.25, 0.3) is 0 Å². The normalized spacial score (nSPS) is 9.09. The summed E-state index contributed by atoms with van der Waals surface area (Å²) >= 11 is 0. The van der Waals surface area contributed by atoms with Crippen LogP contribution in [0.2, 0.25) is 0 Å². The fourth-order valence-corrected chi connectivity index (χ4v) is 0.550. The van der Waals surface area contributed by atoms with Crippen LogP contribution in [0.1, 0.15) is 0 Å². The third-order valence-electron chi connectivity index (χ3n) is 0.923. The van der Waals surface area contributed by atoms with Crippen molar-refractivity contribution in [1.29, 1.82) is 0 Å². The lowest BCUT2D eigenvalue weighted by Crippen LogP contribution is -2.09. The van der Waals surface area contributed by atoms with E-state index in [1.54, 1.807) is 0 Å². The van der Waals surface area contributed by atoms with Gasteiger partial charge in [-0.3, -0.25) is 5.32 Å². The highest BCUT2D eigenvalue weighted by molar-refractivity contribution is 5.81. The molecule has 0 radical (unpaired) electrons. The molecule has 0 spiro atoms. The molecule has 11 heavy (non-hydrogen) atoms. The second kappa shape index (κ2) is 2.82. The number of carboxylic acid groups (broad SMARTS) is 1. The van der Waals surface area contributed by atoms with Crippen molar-refractivity contribution in [2.45, 2.75) is 0 Å². The minimum atomic E-state index is -1.18. The molecule has 1 rings (SSSR count). The smallest absolute Gasteiger partial charge is 0.410 e. The van der Waals surface area contributed by atoms with E-state index in [-0.39, 0.29) is 11.6 Å². The number of hydrogen-bond donors (Lipinski definition) is 3. The Balaban J connectivity index is 2.79. The van der Waals surface area contributed by atoms with Gasteiger partial charge in [-0.1, -0.05) is 0 Å². The average Bonchev–Trinajstić information content (AvgIpc) is 1.85. The summed E-state index contributed by atoms with van der Waals surface area (Å²) in [6.07, 6.45) is 0.00347. The SMILES string of the molecule is Nc1cc(NC(=O)O)ncn1. The van der Waals surface area contributed by atoms with Crippen LogP contribution in [0.25, 0.3) is 0 Å². The van der Waals surface area contributed by atoms with E-state index in [0.29, 0.717) is 0 Å². The van der Waals surface area contributed by atoms with Gasteiger partial charge >= 0.3 is 6.09 Å². The van der Waals surface area contributed by atoms with Gasteiger partial charge in [0.1, 0.15) is 18.0 Å². The Kier molecular flexibility index (Phi) is 1.86. The lowest BCUT2D eigenvalue weighted by molar-refractivity contribution is 0.209. The number of anilines is 2. The summed E-state index contributed by atoms with van der Waals surface area (Å²) in [5.74, 6) is 0.397. The van der Waals surface area contributed by atoms with Crippen molar-refractivity contribution in [2.75, 3.05) is 11.1 Å². The van der Waals surface area contributed by atoms with Crippen molar-refractivity contribution in [3.63, 3.8) is 0 Å². The number of nitrogens with one attached hydrogen (secondary N) is 1. The Morgan fingerprint density at radius 1 is 1.64 bits per heavy atom. The maximum Gasteiger partial charge on any atom is 0.410 e. The molecule has 0 aromatic carbocycles. The molecule has 0 bridgehead atoms. The lowest BCUT2D eigenvalue weighted by atomic mass is 10.5. The number of carbonyl (C=O) groups is 1. The maximum atomic E-state index is 10.1. The zero-order valence-electron chi connectivity index (χ0n) is 5.48. The molecular weight excluding hydrogens is 148 g/mol. The predicted molar refractivity (Wildman–Crippen MR) is 38.1 cm³/mol. The molecule has 1 heterocycles. The number of hydrogen-bond acceptors (Lipinski definition) is 4. The molecule has 0 saturated heterocycles. The van der Waals surface area contributed by atoms with Crippen molar-refractivity contribution in [3.8, 4) is 0 Å². The minimum absolute atomic E-state index is 0.171. The van der Waals surface area contributed by atoms with Crippen molar-refractivity contribution >= 4 is 17.7 Å². The van der Waals surface area contributed by atoms with E-state index in [0.717, 1.165) is 0 Å². The Morgan fingerprint density at radius 3 is 2.91 bits per heavy atom. The van der Waals surface area contributed by atoms with Gasteiger partial charge < -0.3 is 10.8 Å². The second-order valence-electron chi connectivity index (χ2n) is 1.76. The number of nitrogen functional groups attached to an aromatic ring is 1. The van der Waals surface area contributed by atoms with E-state index in [1.807, 2.05) is 5.32 Å². The molecule has 4 N–H and O–H groups in total. The topological polar surface area (TPSA) is 101 Å². The van der Waals surface area contributed by atoms with E-state index in [9.17, 15) is 4.79 Å². The lowest BCUT2D eigenvalue weighted by Gasteiger charge is -1.97. The quantitative estimate of drug-likeness (QED) is 0.534. The van der Waals surface area contributed by atoms with Crippen LogP contribution in [0, 0.1) is 0 Å². The highest BCUT2D eigenvalue weighted by Crippen LogP contribution is 2.03. The highest BCUT2D eigenvalue weighted by Gasteiger charge is 1.98. The summed E-state index contributed by atoms with van der Waals surface area (Å²) in [7, 11) is 0. The largest absolute Gasteiger partial charge is 0.465 e. The molecule has 6 heteroatoms. The molecule has 58 valence electrons. The Hall–Kier alpha value is -1.85. The summed E-state index contributed by atoms with van der Waals surface area (Å²) in [5, 5.41) is 10.3. The maximum absolute atomic E-state index is 10.1. The summed E-state index contributed by atoms with van der Waals surface area (Å²) in [4.78, 5) is 17.2. The van der Waals surface area contributed by atoms with Gasteiger partial charge in [-0.15, -0.1) is 0 Å². The van der Waals surface area contributed by atoms with Gasteiger partial charge in [0.15, 0.2) is 0 Å². The Morgan fingerprint density at radius 2 is 2.36 bits per heavy atom. The number of nitrogens with two attached hydrogens (primary N) is 1. The van der Waals surface area contributed by atoms with E-state index in [1.165, 1.54) is 12.4 Å². The summed E-state index contributed by atoms with van der Waals surface area (Å²) in [5.41, 5.74) is 5.25. The molecule has 0 fully saturated rings. The highest BCUT2D eigenvalue weighted by atomic mass is 16.4. The molecule has 1 amide bonds. The molecule has 0 unspecified atom stereocenters. The summed E-state index contributed by atoms with van der Waals surface area (Å²) in [6, 6.07) is 1.33. The molecule has 6 nitrogen and oxygen atoms in total. The van der Waals surface area contributed by atoms with E-state index >= 15 is 0 Å². The van der Waals surface area contributed by atoms with Crippen LogP contribution in [0.4, 0.5) is 16.4 Å². The van der Waals surface area contributed by atoms with Gasteiger partial charge in [-0.2, -0.15) is 0 Å². The van der Waals surface area contributed by atoms with Crippen molar-refractivity contribution in [3.05, 3.63) is 12.4 Å². The van der Waals surface area contributed by atoms with Crippen LogP contribution in [-0.2, 0) is 0 Å². The summed E-state index contributed by atoms with van der Waals surface area (Å²) < 4.78 is 0. The van der Waals surface area contributed by atoms with Crippen LogP contribution < -0.4 is 11.1 Å². The fourth-order valence-electron chi connectivity index (χ4n) is 0.550. The first-order valence-corrected chi connectivity index (χ1v) is 2.76. The van der Waals surface area contributed by atoms with Crippen LogP contribution in [0.3, 0.4) is 0 Å². The van der Waals surface area contributed by atoms with Crippen LogP contribution in [0.5, 0.6) is 0 Å². The number of aromatic nitrogens is 2. The molecular formula is C5H6N4O2. The fraction of sp³-hybridized carbons (Fsp3) is 0. The number of rotatable bonds is 1. The van der Waals surface area contributed by atoms with Gasteiger partial charge in [-0.25, -0.2) is 14.8 Å². The molecule has 0 atom stereocenters. The van der Waals surface area contributed by atoms with Gasteiger partial charge in [0.05, 0.1) is 0 Å². The Bertz CT molecular complexity index is 275. The van der Waals surface area contributed by atoms with Gasteiger partial charge in [-0.05, 0) is 0 Å². The van der Waals surface area contributed by atoms with E-state index in [2.05, 4.69) is 9.97 Å². The molecule has 1 aromatic rings. The van der Waals surface area contributed by atoms with Crippen molar-refractivity contribution in [2.24, 2.45) is 0 Å². The van der Waals surface area contributed by atoms with Gasteiger partial charge in [0.2, 0.25) is 0 Å². The number of amides is 1. The van der Waals surface area contributed by atoms with Crippen molar-refractivity contribution in [1.82, 2.24) is 9.97 Å². The standard InChI is InChI=1S/C5H6N4O2/c6-3-1-4(8-2-7-3)9-5(10)11/h1-2H,(H,10,11)(H3,6,7,8,9). The third kappa shape index (κ3) is 2.09. The second-order valence-corrected chi connectivity index (χ2v) is 1.76. The minimum Gasteiger partial charge on any atom is -0.465 e. The average molecular weight is 154 g/mol. The zero-order chi connectivity index (χ0) is 8.27. The Labute approximate surface area is 62.1 Å². The van der Waals surface area contributed by atoms with Crippen LogP contribution >= 0.6 is 0 Å². The predicted octanol–water partition coefficient (Wildman–Crippen LogP) is 0.149. The monoisotopic (exact) mass is 154 g/mol. The first-order valence-electron chi connectivity index (χ1n) is 2.76. The van der Waals surface area contributed by atoms with Crippen molar-refractivity contribution < 1.29 is 9.90 Å². The van der Waals surface area contributed by atoms with E-state index in [4.69, 9.17) is 10.8 Å². The first kappa shape index (κ1) is 7.26. The van der Waals surface area contributed by atoms with Crippen LogP contribution in [-0.4, -0.2) is 21.2 Å². The third-order valence-corrected chi connectivity index (χ3v) is 0.923. The van der Waals surface area contributed by atoms with E-state index < -0.39 is 6.09 Å². The molecule has 0 aliphatic carbocycles. The molecule has 0 aliphatic rings. The number of nitrogens with zero attached hydrogens (tertiary/aromatic N) is 2.